The monoisotopic (exact) mass is 604 g/mol. The van der Waals surface area contributed by atoms with E-state index >= 15 is 0 Å². The molecule has 230 valence electrons. The summed E-state index contributed by atoms with van der Waals surface area (Å²) in [6.07, 6.45) is 6.03. The van der Waals surface area contributed by atoms with E-state index in [0.29, 0.717) is 11.8 Å². The smallest absolute Gasteiger partial charge is 0.137 e. The van der Waals surface area contributed by atoms with Crippen LogP contribution in [-0.2, 0) is 0 Å². The first-order valence-corrected chi connectivity index (χ1v) is 16.1. The molecule has 4 aromatic carbocycles. The summed E-state index contributed by atoms with van der Waals surface area (Å²) in [4.78, 5) is 4.72. The molecular weight excluding hydrogens is 564 g/mol. The molecule has 7 rings (SSSR count). The Kier molecular flexibility index (Phi) is 7.48. The van der Waals surface area contributed by atoms with E-state index in [1.54, 1.807) is 0 Å². The van der Waals surface area contributed by atoms with Gasteiger partial charge in [-0.1, -0.05) is 58.0 Å². The van der Waals surface area contributed by atoms with Gasteiger partial charge in [-0.25, -0.2) is 9.67 Å². The van der Waals surface area contributed by atoms with E-state index in [4.69, 9.17) is 14.8 Å². The Morgan fingerprint density at radius 3 is 2.13 bits per heavy atom. The molecule has 5 heteroatoms. The lowest BCUT2D eigenvalue weighted by molar-refractivity contribution is 0.483. The largest absolute Gasteiger partial charge is 0.457 e. The Morgan fingerprint density at radius 2 is 1.39 bits per heavy atom. The van der Waals surface area contributed by atoms with Crippen molar-refractivity contribution in [3.63, 3.8) is 0 Å². The second kappa shape index (κ2) is 11.6. The average Bonchev–Trinajstić information content (AvgIpc) is 3.64. The number of rotatable bonds is 7. The molecule has 0 atom stereocenters. The summed E-state index contributed by atoms with van der Waals surface area (Å²) in [5.74, 6) is 3.23. The van der Waals surface area contributed by atoms with Gasteiger partial charge in [-0.15, -0.1) is 0 Å². The van der Waals surface area contributed by atoms with Crippen LogP contribution in [0.2, 0.25) is 0 Å². The number of benzene rings is 4. The van der Waals surface area contributed by atoms with Gasteiger partial charge in [0.05, 0.1) is 22.9 Å². The summed E-state index contributed by atoms with van der Waals surface area (Å²) in [5, 5.41) is 7.19. The molecule has 0 bridgehead atoms. The third-order valence-electron chi connectivity index (χ3n) is 8.94. The summed E-state index contributed by atoms with van der Waals surface area (Å²) < 4.78 is 10.7. The first-order chi connectivity index (χ1) is 22.2. The number of ether oxygens (including phenoxy) is 1. The molecule has 0 spiro atoms. The number of nitrogens with zero attached hydrogens (tertiary/aromatic N) is 4. The standard InChI is InChI=1S/C41H40N4O/c1-25(2)39-28(6)20-29(7)40(26(3)4)41(39)30-23-43-44(24-30)31-11-10-12-32(21-31)46-33-15-16-35-34-13-8-9-14-36(34)45(37(35)22-33)38-19-27(5)17-18-42-38/h8-26H,1-7H3. The molecule has 0 saturated carbocycles. The molecule has 0 aliphatic heterocycles. The minimum absolute atomic E-state index is 0.408. The van der Waals surface area contributed by atoms with E-state index in [0.717, 1.165) is 45.0 Å². The van der Waals surface area contributed by atoms with Gasteiger partial charge in [-0.2, -0.15) is 5.10 Å². The topological polar surface area (TPSA) is 44.9 Å². The third-order valence-corrected chi connectivity index (χ3v) is 8.94. The number of pyridine rings is 1. The highest BCUT2D eigenvalue weighted by atomic mass is 16.5. The van der Waals surface area contributed by atoms with Gasteiger partial charge in [-0.05, 0) is 108 Å². The first-order valence-electron chi connectivity index (χ1n) is 16.1. The van der Waals surface area contributed by atoms with Crippen molar-refractivity contribution in [2.45, 2.75) is 60.3 Å². The number of aryl methyl sites for hydroxylation is 3. The minimum atomic E-state index is 0.408. The predicted octanol–water partition coefficient (Wildman–Crippen LogP) is 11.0. The maximum atomic E-state index is 6.51. The van der Waals surface area contributed by atoms with Crippen LogP contribution < -0.4 is 4.74 Å². The maximum Gasteiger partial charge on any atom is 0.137 e. The fraction of sp³-hybridized carbons (Fsp3) is 0.220. The molecule has 3 aromatic heterocycles. The van der Waals surface area contributed by atoms with Crippen molar-refractivity contribution in [3.05, 3.63) is 131 Å². The van der Waals surface area contributed by atoms with E-state index in [9.17, 15) is 0 Å². The summed E-state index contributed by atoms with van der Waals surface area (Å²) in [7, 11) is 0. The molecule has 3 heterocycles. The second-order valence-corrected chi connectivity index (χ2v) is 13.0. The molecule has 0 N–H and O–H groups in total. The Balaban J connectivity index is 1.26. The van der Waals surface area contributed by atoms with Gasteiger partial charge < -0.3 is 4.74 Å². The maximum absolute atomic E-state index is 6.51. The molecule has 7 aromatic rings. The zero-order chi connectivity index (χ0) is 32.1. The lowest BCUT2D eigenvalue weighted by Gasteiger charge is -2.23. The number of hydrogen-bond acceptors (Lipinski definition) is 3. The molecule has 0 aliphatic rings. The van der Waals surface area contributed by atoms with Gasteiger partial charge in [0.15, 0.2) is 0 Å². The quantitative estimate of drug-likeness (QED) is 0.182. The van der Waals surface area contributed by atoms with Gasteiger partial charge in [-0.3, -0.25) is 4.57 Å². The van der Waals surface area contributed by atoms with Crippen LogP contribution in [0.1, 0.15) is 67.3 Å². The van der Waals surface area contributed by atoms with Crippen molar-refractivity contribution in [3.8, 4) is 34.1 Å². The predicted molar refractivity (Wildman–Crippen MR) is 190 cm³/mol. The molecule has 0 radical (unpaired) electrons. The molecule has 46 heavy (non-hydrogen) atoms. The van der Waals surface area contributed by atoms with Crippen LogP contribution in [0.5, 0.6) is 11.5 Å². The molecule has 5 nitrogen and oxygen atoms in total. The SMILES string of the molecule is Cc1ccnc(-n2c3ccccc3c3ccc(Oc4cccc(-n5cc(-c6c(C(C)C)c(C)cc(C)c6C(C)C)cn5)c4)cc32)c1. The fourth-order valence-corrected chi connectivity index (χ4v) is 7.14. The number of hydrogen-bond donors (Lipinski definition) is 0. The van der Waals surface area contributed by atoms with E-state index in [-0.39, 0.29) is 0 Å². The van der Waals surface area contributed by atoms with Crippen LogP contribution in [0.4, 0.5) is 0 Å². The Morgan fingerprint density at radius 1 is 0.674 bits per heavy atom. The fourth-order valence-electron chi connectivity index (χ4n) is 7.14. The van der Waals surface area contributed by atoms with Crippen LogP contribution in [-0.4, -0.2) is 19.3 Å². The average molecular weight is 605 g/mol. The van der Waals surface area contributed by atoms with Crippen LogP contribution in [0.15, 0.2) is 104 Å². The second-order valence-electron chi connectivity index (χ2n) is 13.0. The molecule has 0 saturated heterocycles. The summed E-state index contributed by atoms with van der Waals surface area (Å²) in [6, 6.07) is 29.4. The number of fused-ring (bicyclic) bond motifs is 3. The van der Waals surface area contributed by atoms with Gasteiger partial charge in [0.25, 0.3) is 0 Å². The van der Waals surface area contributed by atoms with E-state index in [1.807, 2.05) is 47.4 Å². The summed E-state index contributed by atoms with van der Waals surface area (Å²) >= 11 is 0. The summed E-state index contributed by atoms with van der Waals surface area (Å²) in [5.41, 5.74) is 12.2. The zero-order valence-electron chi connectivity index (χ0n) is 27.7. The van der Waals surface area contributed by atoms with Crippen molar-refractivity contribution < 1.29 is 4.74 Å². The lowest BCUT2D eigenvalue weighted by atomic mass is 9.81. The Bertz CT molecular complexity index is 2200. The molecular formula is C41H40N4O. The highest BCUT2D eigenvalue weighted by Gasteiger charge is 2.21. The van der Waals surface area contributed by atoms with Gasteiger partial charge in [0, 0.05) is 40.9 Å². The van der Waals surface area contributed by atoms with E-state index in [2.05, 4.69) is 114 Å². The Labute approximate surface area is 271 Å². The Hall–Kier alpha value is -5.16. The first kappa shape index (κ1) is 29.5. The van der Waals surface area contributed by atoms with Crippen molar-refractivity contribution in [1.29, 1.82) is 0 Å². The minimum Gasteiger partial charge on any atom is -0.457 e. The van der Waals surface area contributed by atoms with Crippen LogP contribution in [0.3, 0.4) is 0 Å². The normalized spacial score (nSPS) is 11.8. The lowest BCUT2D eigenvalue weighted by Crippen LogP contribution is -2.05. The number of aromatic nitrogens is 4. The highest BCUT2D eigenvalue weighted by Crippen LogP contribution is 2.40. The van der Waals surface area contributed by atoms with Gasteiger partial charge >= 0.3 is 0 Å². The van der Waals surface area contributed by atoms with Crippen molar-refractivity contribution in [2.24, 2.45) is 0 Å². The summed E-state index contributed by atoms with van der Waals surface area (Å²) in [6.45, 7) is 15.7. The van der Waals surface area contributed by atoms with Crippen molar-refractivity contribution in [2.75, 3.05) is 0 Å². The van der Waals surface area contributed by atoms with E-state index < -0.39 is 0 Å². The van der Waals surface area contributed by atoms with Gasteiger partial charge in [0.1, 0.15) is 17.3 Å². The molecule has 0 unspecified atom stereocenters. The molecule has 0 amide bonds. The zero-order valence-corrected chi connectivity index (χ0v) is 27.7. The third kappa shape index (κ3) is 5.16. The highest BCUT2D eigenvalue weighted by molar-refractivity contribution is 6.09. The molecule has 0 aliphatic carbocycles. The number of para-hydroxylation sites is 1. The van der Waals surface area contributed by atoms with Gasteiger partial charge in [0.2, 0.25) is 0 Å². The van der Waals surface area contributed by atoms with Crippen molar-refractivity contribution in [1.82, 2.24) is 19.3 Å². The van der Waals surface area contributed by atoms with Crippen molar-refractivity contribution >= 4 is 21.8 Å². The van der Waals surface area contributed by atoms with Crippen LogP contribution in [0.25, 0.3) is 44.4 Å². The van der Waals surface area contributed by atoms with Crippen LogP contribution >= 0.6 is 0 Å². The van der Waals surface area contributed by atoms with Crippen LogP contribution in [0, 0.1) is 20.8 Å². The molecule has 0 fully saturated rings. The van der Waals surface area contributed by atoms with E-state index in [1.165, 1.54) is 38.8 Å².